The second kappa shape index (κ2) is 4.49. The molecule has 0 saturated carbocycles. The molecule has 0 heterocycles. The van der Waals surface area contributed by atoms with Crippen molar-refractivity contribution in [1.82, 2.24) is 0 Å². The Hall–Kier alpha value is -1.73. The SMILES string of the molecule is N#Cc1ccc(OCC(=O)O)cc1Cl. The van der Waals surface area contributed by atoms with Gasteiger partial charge in [-0.3, -0.25) is 0 Å². The van der Waals surface area contributed by atoms with Crippen LogP contribution in [0.25, 0.3) is 0 Å². The quantitative estimate of drug-likeness (QED) is 0.826. The standard InChI is InChI=1S/C9H6ClNO3/c10-8-3-7(14-5-9(12)13)2-1-6(8)4-11/h1-3H,5H2,(H,12,13). The van der Waals surface area contributed by atoms with Crippen LogP contribution in [0.1, 0.15) is 5.56 Å². The number of carboxylic acids is 1. The van der Waals surface area contributed by atoms with E-state index in [1.54, 1.807) is 0 Å². The van der Waals surface area contributed by atoms with Crippen molar-refractivity contribution >= 4 is 17.6 Å². The maximum Gasteiger partial charge on any atom is 0.341 e. The molecule has 5 heteroatoms. The van der Waals surface area contributed by atoms with Crippen LogP contribution in [0, 0.1) is 11.3 Å². The van der Waals surface area contributed by atoms with E-state index < -0.39 is 12.6 Å². The number of hydrogen-bond donors (Lipinski definition) is 1. The Balaban J connectivity index is 2.77. The fraction of sp³-hybridized carbons (Fsp3) is 0.111. The van der Waals surface area contributed by atoms with Gasteiger partial charge in [0, 0.05) is 6.07 Å². The van der Waals surface area contributed by atoms with Gasteiger partial charge in [0.1, 0.15) is 11.8 Å². The summed E-state index contributed by atoms with van der Waals surface area (Å²) >= 11 is 5.69. The van der Waals surface area contributed by atoms with Crippen molar-refractivity contribution in [2.45, 2.75) is 0 Å². The third kappa shape index (κ3) is 2.64. The smallest absolute Gasteiger partial charge is 0.341 e. The first kappa shape index (κ1) is 10.4. The molecule has 0 radical (unpaired) electrons. The zero-order chi connectivity index (χ0) is 10.6. The summed E-state index contributed by atoms with van der Waals surface area (Å²) in [6.45, 7) is -0.428. The molecule has 0 amide bonds. The van der Waals surface area contributed by atoms with Crippen molar-refractivity contribution < 1.29 is 14.6 Å². The van der Waals surface area contributed by atoms with Gasteiger partial charge in [-0.05, 0) is 12.1 Å². The molecule has 0 aromatic heterocycles. The highest BCUT2D eigenvalue weighted by Crippen LogP contribution is 2.21. The van der Waals surface area contributed by atoms with Gasteiger partial charge in [0.15, 0.2) is 6.61 Å². The fourth-order valence-electron chi connectivity index (χ4n) is 0.821. The third-order valence-electron chi connectivity index (χ3n) is 1.42. The molecule has 0 bridgehead atoms. The van der Waals surface area contributed by atoms with E-state index in [0.717, 1.165) is 0 Å². The maximum absolute atomic E-state index is 10.2. The number of nitriles is 1. The monoisotopic (exact) mass is 211 g/mol. The largest absolute Gasteiger partial charge is 0.482 e. The normalized spacial score (nSPS) is 9.14. The number of carboxylic acid groups (broad SMARTS) is 1. The van der Waals surface area contributed by atoms with Gasteiger partial charge in [-0.25, -0.2) is 4.79 Å². The van der Waals surface area contributed by atoms with E-state index in [1.165, 1.54) is 18.2 Å². The summed E-state index contributed by atoms with van der Waals surface area (Å²) in [6.07, 6.45) is 0. The molecular formula is C9H6ClNO3. The van der Waals surface area contributed by atoms with Gasteiger partial charge in [0.25, 0.3) is 0 Å². The van der Waals surface area contributed by atoms with Crippen molar-refractivity contribution in [1.29, 1.82) is 5.26 Å². The predicted octanol–water partition coefficient (Wildman–Crippen LogP) is 1.68. The van der Waals surface area contributed by atoms with Crippen LogP contribution < -0.4 is 4.74 Å². The molecule has 0 aliphatic carbocycles. The molecule has 1 aromatic carbocycles. The molecule has 1 N–H and O–H groups in total. The molecular weight excluding hydrogens is 206 g/mol. The highest BCUT2D eigenvalue weighted by Gasteiger charge is 2.03. The van der Waals surface area contributed by atoms with Crippen LogP contribution in [0.5, 0.6) is 5.75 Å². The Morgan fingerprint density at radius 1 is 1.64 bits per heavy atom. The summed E-state index contributed by atoms with van der Waals surface area (Å²) in [7, 11) is 0. The fourth-order valence-corrected chi connectivity index (χ4v) is 1.03. The number of nitrogens with zero attached hydrogens (tertiary/aromatic N) is 1. The van der Waals surface area contributed by atoms with Gasteiger partial charge >= 0.3 is 5.97 Å². The molecule has 72 valence electrons. The van der Waals surface area contributed by atoms with E-state index in [4.69, 9.17) is 26.7 Å². The van der Waals surface area contributed by atoms with Gasteiger partial charge in [-0.1, -0.05) is 11.6 Å². The Morgan fingerprint density at radius 2 is 2.36 bits per heavy atom. The molecule has 0 fully saturated rings. The van der Waals surface area contributed by atoms with E-state index >= 15 is 0 Å². The van der Waals surface area contributed by atoms with Gasteiger partial charge < -0.3 is 9.84 Å². The highest BCUT2D eigenvalue weighted by atomic mass is 35.5. The molecule has 1 rings (SSSR count). The number of halogens is 1. The second-order valence-electron chi connectivity index (χ2n) is 2.44. The molecule has 0 aliphatic heterocycles. The van der Waals surface area contributed by atoms with Crippen LogP contribution in [0.3, 0.4) is 0 Å². The van der Waals surface area contributed by atoms with Crippen LogP contribution in [-0.2, 0) is 4.79 Å². The minimum atomic E-state index is -1.06. The van der Waals surface area contributed by atoms with Crippen molar-refractivity contribution in [2.24, 2.45) is 0 Å². The first-order valence-electron chi connectivity index (χ1n) is 3.67. The molecule has 1 aromatic rings. The van der Waals surface area contributed by atoms with Gasteiger partial charge in [0.2, 0.25) is 0 Å². The molecule has 0 unspecified atom stereocenters. The topological polar surface area (TPSA) is 70.3 Å². The number of benzene rings is 1. The molecule has 4 nitrogen and oxygen atoms in total. The molecule has 0 atom stereocenters. The summed E-state index contributed by atoms with van der Waals surface area (Å²) in [5.74, 6) is -0.734. The van der Waals surface area contributed by atoms with Crippen molar-refractivity contribution in [2.75, 3.05) is 6.61 Å². The van der Waals surface area contributed by atoms with Crippen molar-refractivity contribution in [3.63, 3.8) is 0 Å². The predicted molar refractivity (Wildman–Crippen MR) is 49.3 cm³/mol. The van der Waals surface area contributed by atoms with E-state index in [0.29, 0.717) is 11.3 Å². The zero-order valence-electron chi connectivity index (χ0n) is 7.03. The Bertz CT molecular complexity index is 398. The number of hydrogen-bond acceptors (Lipinski definition) is 3. The zero-order valence-corrected chi connectivity index (χ0v) is 7.78. The molecule has 0 saturated heterocycles. The van der Waals surface area contributed by atoms with Crippen LogP contribution in [0.15, 0.2) is 18.2 Å². The van der Waals surface area contributed by atoms with Gasteiger partial charge in [-0.2, -0.15) is 5.26 Å². The first-order valence-corrected chi connectivity index (χ1v) is 4.05. The van der Waals surface area contributed by atoms with Gasteiger partial charge in [-0.15, -0.1) is 0 Å². The average Bonchev–Trinajstić information content (AvgIpc) is 2.15. The lowest BCUT2D eigenvalue weighted by Gasteiger charge is -2.03. The van der Waals surface area contributed by atoms with E-state index in [1.807, 2.05) is 6.07 Å². The summed E-state index contributed by atoms with van der Waals surface area (Å²) in [4.78, 5) is 10.2. The lowest BCUT2D eigenvalue weighted by Crippen LogP contribution is -2.09. The Morgan fingerprint density at radius 3 is 2.86 bits per heavy atom. The molecule has 0 aliphatic rings. The van der Waals surface area contributed by atoms with Crippen LogP contribution in [0.2, 0.25) is 5.02 Å². The molecule has 0 spiro atoms. The number of rotatable bonds is 3. The number of carbonyl (C=O) groups is 1. The van der Waals surface area contributed by atoms with Crippen molar-refractivity contribution in [3.8, 4) is 11.8 Å². The van der Waals surface area contributed by atoms with Crippen LogP contribution in [-0.4, -0.2) is 17.7 Å². The number of aliphatic carboxylic acids is 1. The summed E-state index contributed by atoms with van der Waals surface area (Å²) in [5.41, 5.74) is 0.328. The lowest BCUT2D eigenvalue weighted by molar-refractivity contribution is -0.139. The highest BCUT2D eigenvalue weighted by molar-refractivity contribution is 6.31. The Labute approximate surface area is 85.3 Å². The first-order chi connectivity index (χ1) is 6.63. The van der Waals surface area contributed by atoms with Gasteiger partial charge in [0.05, 0.1) is 10.6 Å². The summed E-state index contributed by atoms with van der Waals surface area (Å²) in [5, 5.41) is 17.1. The number of ether oxygens (including phenoxy) is 1. The third-order valence-corrected chi connectivity index (χ3v) is 1.74. The maximum atomic E-state index is 10.2. The minimum Gasteiger partial charge on any atom is -0.482 e. The lowest BCUT2D eigenvalue weighted by atomic mass is 10.2. The average molecular weight is 212 g/mol. The van der Waals surface area contributed by atoms with E-state index in [9.17, 15) is 4.79 Å². The van der Waals surface area contributed by atoms with E-state index in [-0.39, 0.29) is 5.02 Å². The summed E-state index contributed by atoms with van der Waals surface area (Å²) in [6, 6.07) is 6.25. The van der Waals surface area contributed by atoms with Crippen molar-refractivity contribution in [3.05, 3.63) is 28.8 Å². The van der Waals surface area contributed by atoms with Crippen LogP contribution >= 0.6 is 11.6 Å². The summed E-state index contributed by atoms with van der Waals surface area (Å²) < 4.78 is 4.85. The second-order valence-corrected chi connectivity index (χ2v) is 2.84. The van der Waals surface area contributed by atoms with Crippen LogP contribution in [0.4, 0.5) is 0 Å². The Kier molecular flexibility index (Phi) is 3.32. The molecule has 14 heavy (non-hydrogen) atoms. The van der Waals surface area contributed by atoms with E-state index in [2.05, 4.69) is 0 Å². The minimum absolute atomic E-state index is 0.246.